The van der Waals surface area contributed by atoms with E-state index in [1.807, 2.05) is 34.1 Å². The molecule has 2 fully saturated rings. The van der Waals surface area contributed by atoms with Gasteiger partial charge in [0.05, 0.1) is 17.0 Å². The average molecular weight is 361 g/mol. The monoisotopic (exact) mass is 360 g/mol. The Kier molecular flexibility index (Phi) is 4.24. The summed E-state index contributed by atoms with van der Waals surface area (Å²) in [5.41, 5.74) is -0.335. The summed E-state index contributed by atoms with van der Waals surface area (Å²) >= 11 is 3.34. The van der Waals surface area contributed by atoms with Crippen molar-refractivity contribution in [3.63, 3.8) is 0 Å². The van der Waals surface area contributed by atoms with Crippen molar-refractivity contribution in [1.82, 2.24) is 19.8 Å². The molecule has 1 amide bonds. The highest BCUT2D eigenvalue weighted by Gasteiger charge is 2.57. The lowest BCUT2D eigenvalue weighted by atomic mass is 9.77. The molecule has 0 aromatic carbocycles. The van der Waals surface area contributed by atoms with Gasteiger partial charge in [-0.1, -0.05) is 6.08 Å². The number of amides is 1. The van der Waals surface area contributed by atoms with Gasteiger partial charge in [0, 0.05) is 55.3 Å². The van der Waals surface area contributed by atoms with Crippen molar-refractivity contribution in [2.75, 3.05) is 26.2 Å². The van der Waals surface area contributed by atoms with Crippen LogP contribution in [0, 0.1) is 5.41 Å². The minimum atomic E-state index is -0.335. The van der Waals surface area contributed by atoms with Crippen LogP contribution in [0.15, 0.2) is 35.8 Å². The lowest BCUT2D eigenvalue weighted by Crippen LogP contribution is -2.39. The maximum absolute atomic E-state index is 13.2. The standard InChI is InChI=1S/C17H20N4OS2/c1-2-6-21-7-3-17(16(21)22)12-20(11-14-18-4-8-23-14)10-13(17)15-19-5-9-24-15/h2,4-5,8-9,13H,1,3,6-7,10-12H2/t13-,17+/m0/s1. The maximum Gasteiger partial charge on any atom is 0.231 e. The van der Waals surface area contributed by atoms with E-state index in [1.165, 1.54) is 0 Å². The predicted octanol–water partition coefficient (Wildman–Crippen LogP) is 2.60. The fraction of sp³-hybridized carbons (Fsp3) is 0.471. The number of aromatic nitrogens is 2. The van der Waals surface area contributed by atoms with E-state index in [4.69, 9.17) is 0 Å². The highest BCUT2D eigenvalue weighted by Crippen LogP contribution is 2.50. The number of thiazole rings is 2. The van der Waals surface area contributed by atoms with Gasteiger partial charge in [-0.05, 0) is 6.42 Å². The SMILES string of the molecule is C=CCN1CC[C@]2(CN(Cc3nccs3)C[C@H]2c2nccs2)C1=O. The van der Waals surface area contributed by atoms with E-state index in [-0.39, 0.29) is 17.2 Å². The van der Waals surface area contributed by atoms with Crippen LogP contribution < -0.4 is 0 Å². The highest BCUT2D eigenvalue weighted by molar-refractivity contribution is 7.09. The lowest BCUT2D eigenvalue weighted by Gasteiger charge is -2.27. The van der Waals surface area contributed by atoms with Crippen molar-refractivity contribution in [3.05, 3.63) is 45.8 Å². The molecule has 2 atom stereocenters. The summed E-state index contributed by atoms with van der Waals surface area (Å²) in [6.07, 6.45) is 6.41. The molecule has 2 aliphatic rings. The Morgan fingerprint density at radius 3 is 2.88 bits per heavy atom. The molecular weight excluding hydrogens is 340 g/mol. The van der Waals surface area contributed by atoms with Crippen LogP contribution >= 0.6 is 22.7 Å². The number of carbonyl (C=O) groups is 1. The van der Waals surface area contributed by atoms with Gasteiger partial charge in [0.25, 0.3) is 0 Å². The summed E-state index contributed by atoms with van der Waals surface area (Å²) in [4.78, 5) is 26.5. The molecule has 0 bridgehead atoms. The van der Waals surface area contributed by atoms with Gasteiger partial charge in [0.2, 0.25) is 5.91 Å². The van der Waals surface area contributed by atoms with Gasteiger partial charge in [-0.25, -0.2) is 9.97 Å². The summed E-state index contributed by atoms with van der Waals surface area (Å²) in [6.45, 7) is 7.73. The van der Waals surface area contributed by atoms with E-state index in [0.717, 1.165) is 42.6 Å². The quantitative estimate of drug-likeness (QED) is 0.769. The predicted molar refractivity (Wildman–Crippen MR) is 96.1 cm³/mol. The molecule has 0 radical (unpaired) electrons. The van der Waals surface area contributed by atoms with Crippen LogP contribution in [-0.4, -0.2) is 51.9 Å². The summed E-state index contributed by atoms with van der Waals surface area (Å²) < 4.78 is 0. The Hall–Kier alpha value is -1.57. The van der Waals surface area contributed by atoms with Gasteiger partial charge in [-0.2, -0.15) is 0 Å². The molecule has 4 heterocycles. The topological polar surface area (TPSA) is 49.3 Å². The van der Waals surface area contributed by atoms with Crippen LogP contribution in [0.3, 0.4) is 0 Å². The molecule has 0 unspecified atom stereocenters. The van der Waals surface area contributed by atoms with Crippen LogP contribution in [-0.2, 0) is 11.3 Å². The number of hydrogen-bond donors (Lipinski definition) is 0. The van der Waals surface area contributed by atoms with Crippen molar-refractivity contribution in [3.8, 4) is 0 Å². The average Bonchev–Trinajstić information content (AvgIpc) is 3.34. The molecule has 7 heteroatoms. The molecular formula is C17H20N4OS2. The largest absolute Gasteiger partial charge is 0.338 e. The van der Waals surface area contributed by atoms with Crippen LogP contribution in [0.25, 0.3) is 0 Å². The van der Waals surface area contributed by atoms with E-state index < -0.39 is 0 Å². The highest BCUT2D eigenvalue weighted by atomic mass is 32.1. The van der Waals surface area contributed by atoms with E-state index in [9.17, 15) is 4.79 Å². The molecule has 4 rings (SSSR count). The van der Waals surface area contributed by atoms with Gasteiger partial charge < -0.3 is 4.90 Å². The number of hydrogen-bond acceptors (Lipinski definition) is 6. The Bertz CT molecular complexity index is 715. The fourth-order valence-corrected chi connectivity index (χ4v) is 5.53. The number of rotatable bonds is 5. The van der Waals surface area contributed by atoms with E-state index >= 15 is 0 Å². The molecule has 2 aliphatic heterocycles. The number of nitrogens with zero attached hydrogens (tertiary/aromatic N) is 4. The molecule has 0 aliphatic carbocycles. The van der Waals surface area contributed by atoms with Gasteiger partial charge in [-0.15, -0.1) is 29.3 Å². The Morgan fingerprint density at radius 2 is 2.17 bits per heavy atom. The fourth-order valence-electron chi connectivity index (χ4n) is 4.03. The third-order valence-electron chi connectivity index (χ3n) is 5.10. The third kappa shape index (κ3) is 2.60. The smallest absolute Gasteiger partial charge is 0.231 e. The molecule has 126 valence electrons. The first-order chi connectivity index (χ1) is 11.7. The summed E-state index contributed by atoms with van der Waals surface area (Å²) in [7, 11) is 0. The zero-order valence-electron chi connectivity index (χ0n) is 13.4. The second kappa shape index (κ2) is 6.38. The zero-order chi connectivity index (χ0) is 16.6. The van der Waals surface area contributed by atoms with Crippen molar-refractivity contribution < 1.29 is 4.79 Å². The van der Waals surface area contributed by atoms with Gasteiger partial charge >= 0.3 is 0 Å². The second-order valence-corrected chi connectivity index (χ2v) is 8.37. The van der Waals surface area contributed by atoms with Crippen molar-refractivity contribution in [1.29, 1.82) is 0 Å². The van der Waals surface area contributed by atoms with Crippen LogP contribution in [0.5, 0.6) is 0 Å². The normalized spacial score (nSPS) is 27.4. The first-order valence-corrected chi connectivity index (χ1v) is 9.89. The summed E-state index contributed by atoms with van der Waals surface area (Å²) in [6, 6.07) is 0. The molecule has 0 saturated carbocycles. The van der Waals surface area contributed by atoms with Crippen LogP contribution in [0.2, 0.25) is 0 Å². The minimum absolute atomic E-state index is 0.180. The molecule has 1 spiro atoms. The molecule has 2 aromatic heterocycles. The molecule has 0 N–H and O–H groups in total. The van der Waals surface area contributed by atoms with Crippen molar-refractivity contribution in [2.45, 2.75) is 18.9 Å². The van der Waals surface area contributed by atoms with E-state index in [0.29, 0.717) is 6.54 Å². The second-order valence-electron chi connectivity index (χ2n) is 6.46. The first-order valence-electron chi connectivity index (χ1n) is 8.13. The van der Waals surface area contributed by atoms with Gasteiger partial charge in [0.15, 0.2) is 0 Å². The Morgan fingerprint density at radius 1 is 1.33 bits per heavy atom. The Labute approximate surface area is 149 Å². The minimum Gasteiger partial charge on any atom is -0.338 e. The molecule has 2 aromatic rings. The van der Waals surface area contributed by atoms with Gasteiger partial charge in [0.1, 0.15) is 5.01 Å². The van der Waals surface area contributed by atoms with Crippen molar-refractivity contribution >= 4 is 28.6 Å². The number of carbonyl (C=O) groups excluding carboxylic acids is 1. The van der Waals surface area contributed by atoms with Crippen molar-refractivity contribution in [2.24, 2.45) is 5.41 Å². The Balaban J connectivity index is 1.62. The molecule has 2 saturated heterocycles. The zero-order valence-corrected chi connectivity index (χ0v) is 15.1. The van der Waals surface area contributed by atoms with E-state index in [1.54, 1.807) is 22.7 Å². The van der Waals surface area contributed by atoms with Gasteiger partial charge in [-0.3, -0.25) is 9.69 Å². The molecule has 24 heavy (non-hydrogen) atoms. The van der Waals surface area contributed by atoms with Crippen LogP contribution in [0.1, 0.15) is 22.4 Å². The third-order valence-corrected chi connectivity index (χ3v) is 6.75. The summed E-state index contributed by atoms with van der Waals surface area (Å²) in [5, 5.41) is 6.21. The van der Waals surface area contributed by atoms with E-state index in [2.05, 4.69) is 21.4 Å². The maximum atomic E-state index is 13.2. The number of likely N-dealkylation sites (tertiary alicyclic amines) is 2. The van der Waals surface area contributed by atoms with Crippen LogP contribution in [0.4, 0.5) is 0 Å². The lowest BCUT2D eigenvalue weighted by molar-refractivity contribution is -0.135. The molecule has 5 nitrogen and oxygen atoms in total. The summed E-state index contributed by atoms with van der Waals surface area (Å²) in [5.74, 6) is 0.448. The first kappa shape index (κ1) is 15.9.